The van der Waals surface area contributed by atoms with Crippen molar-refractivity contribution in [1.29, 1.82) is 0 Å². The topological polar surface area (TPSA) is 45.1 Å². The van der Waals surface area contributed by atoms with Gasteiger partial charge in [-0.1, -0.05) is 13.8 Å². The monoisotopic (exact) mass is 214 g/mol. The molecule has 0 bridgehead atoms. The summed E-state index contributed by atoms with van der Waals surface area (Å²) in [6, 6.07) is 0. The van der Waals surface area contributed by atoms with Crippen LogP contribution in [-0.2, 0) is 6.54 Å². The summed E-state index contributed by atoms with van der Waals surface area (Å²) in [5, 5.41) is 15.6. The molecule has 1 aromatic rings. The van der Waals surface area contributed by atoms with Gasteiger partial charge < -0.3 is 10.4 Å². The van der Waals surface area contributed by atoms with E-state index in [1.165, 1.54) is 0 Å². The molecular formula is C10H18N2OS. The average molecular weight is 214 g/mol. The van der Waals surface area contributed by atoms with Crippen LogP contribution >= 0.6 is 11.3 Å². The highest BCUT2D eigenvalue weighted by molar-refractivity contribution is 7.09. The van der Waals surface area contributed by atoms with Crippen LogP contribution in [0.4, 0.5) is 0 Å². The number of hydrogen-bond acceptors (Lipinski definition) is 4. The summed E-state index contributed by atoms with van der Waals surface area (Å²) in [6.07, 6.45) is 2.79. The summed E-state index contributed by atoms with van der Waals surface area (Å²) < 4.78 is 0. The molecule has 1 heterocycles. The lowest BCUT2D eigenvalue weighted by atomic mass is 9.89. The normalized spacial score (nSPS) is 15.4. The Labute approximate surface area is 89.2 Å². The Hall–Kier alpha value is -0.450. The van der Waals surface area contributed by atoms with Crippen LogP contribution in [0.15, 0.2) is 11.6 Å². The van der Waals surface area contributed by atoms with E-state index in [9.17, 15) is 5.11 Å². The third-order valence-corrected chi connectivity index (χ3v) is 3.33. The standard InChI is InChI=1S/C10H18N2OS/c1-3-10(2,8-13)7-11-6-9-12-4-5-14-9/h4-5,11,13H,3,6-8H2,1-2H3. The minimum atomic E-state index is -0.00272. The third kappa shape index (κ3) is 3.36. The van der Waals surface area contributed by atoms with E-state index in [4.69, 9.17) is 0 Å². The quantitative estimate of drug-likeness (QED) is 0.756. The summed E-state index contributed by atoms with van der Waals surface area (Å²) in [5.41, 5.74) is -0.00272. The fourth-order valence-corrected chi connectivity index (χ4v) is 1.69. The van der Waals surface area contributed by atoms with Crippen molar-refractivity contribution in [3.05, 3.63) is 16.6 Å². The number of nitrogens with zero attached hydrogens (tertiary/aromatic N) is 1. The molecule has 0 aromatic carbocycles. The first kappa shape index (κ1) is 11.6. The SMILES string of the molecule is CCC(C)(CO)CNCc1nccs1. The zero-order valence-corrected chi connectivity index (χ0v) is 9.60. The molecule has 1 unspecified atom stereocenters. The van der Waals surface area contributed by atoms with Crippen LogP contribution in [0, 0.1) is 5.41 Å². The van der Waals surface area contributed by atoms with E-state index in [1.807, 2.05) is 11.6 Å². The molecule has 0 aliphatic rings. The largest absolute Gasteiger partial charge is 0.396 e. The van der Waals surface area contributed by atoms with Crippen LogP contribution in [0.1, 0.15) is 25.3 Å². The highest BCUT2D eigenvalue weighted by atomic mass is 32.1. The molecule has 3 nitrogen and oxygen atoms in total. The van der Waals surface area contributed by atoms with Gasteiger partial charge in [-0.2, -0.15) is 0 Å². The van der Waals surface area contributed by atoms with Crippen molar-refractivity contribution in [3.63, 3.8) is 0 Å². The fourth-order valence-electron chi connectivity index (χ4n) is 1.10. The summed E-state index contributed by atoms with van der Waals surface area (Å²) in [6.45, 7) is 6.05. The zero-order chi connectivity index (χ0) is 10.4. The van der Waals surface area contributed by atoms with Crippen LogP contribution in [0.5, 0.6) is 0 Å². The Balaban J connectivity index is 2.27. The highest BCUT2D eigenvalue weighted by Crippen LogP contribution is 2.18. The highest BCUT2D eigenvalue weighted by Gasteiger charge is 2.20. The molecule has 4 heteroatoms. The lowest BCUT2D eigenvalue weighted by molar-refractivity contribution is 0.135. The Morgan fingerprint density at radius 1 is 1.64 bits per heavy atom. The molecule has 14 heavy (non-hydrogen) atoms. The minimum Gasteiger partial charge on any atom is -0.396 e. The Bertz CT molecular complexity index is 245. The van der Waals surface area contributed by atoms with Crippen molar-refractivity contribution in [1.82, 2.24) is 10.3 Å². The van der Waals surface area contributed by atoms with Crippen molar-refractivity contribution in [3.8, 4) is 0 Å². The second kappa shape index (κ2) is 5.44. The van der Waals surface area contributed by atoms with Crippen molar-refractivity contribution in [2.24, 2.45) is 5.41 Å². The summed E-state index contributed by atoms with van der Waals surface area (Å²) in [5.74, 6) is 0. The molecule has 0 aliphatic heterocycles. The van der Waals surface area contributed by atoms with Gasteiger partial charge in [-0.25, -0.2) is 4.98 Å². The maximum Gasteiger partial charge on any atom is 0.106 e. The van der Waals surface area contributed by atoms with Crippen LogP contribution in [0.25, 0.3) is 0 Å². The number of thiazole rings is 1. The van der Waals surface area contributed by atoms with Gasteiger partial charge in [-0.05, 0) is 6.42 Å². The molecule has 0 amide bonds. The average Bonchev–Trinajstić information content (AvgIpc) is 2.70. The van der Waals surface area contributed by atoms with Gasteiger partial charge in [0.05, 0.1) is 0 Å². The number of aliphatic hydroxyl groups is 1. The predicted octanol–water partition coefficient (Wildman–Crippen LogP) is 1.64. The molecule has 0 saturated heterocycles. The van der Waals surface area contributed by atoms with Gasteiger partial charge >= 0.3 is 0 Å². The first-order chi connectivity index (χ1) is 6.70. The van der Waals surface area contributed by atoms with Crippen LogP contribution in [-0.4, -0.2) is 23.2 Å². The number of aromatic nitrogens is 1. The molecule has 1 rings (SSSR count). The van der Waals surface area contributed by atoms with Crippen molar-refractivity contribution < 1.29 is 5.11 Å². The fraction of sp³-hybridized carbons (Fsp3) is 0.700. The molecule has 1 aromatic heterocycles. The van der Waals surface area contributed by atoms with Crippen LogP contribution in [0.3, 0.4) is 0 Å². The second-order valence-electron chi connectivity index (χ2n) is 3.85. The molecule has 80 valence electrons. The Kier molecular flexibility index (Phi) is 4.51. The second-order valence-corrected chi connectivity index (χ2v) is 4.83. The van der Waals surface area contributed by atoms with Crippen molar-refractivity contribution in [2.45, 2.75) is 26.8 Å². The molecular weight excluding hydrogens is 196 g/mol. The van der Waals surface area contributed by atoms with E-state index in [1.54, 1.807) is 11.3 Å². The summed E-state index contributed by atoms with van der Waals surface area (Å²) >= 11 is 1.65. The maximum atomic E-state index is 9.19. The Morgan fingerprint density at radius 3 is 2.93 bits per heavy atom. The molecule has 0 radical (unpaired) electrons. The number of nitrogens with one attached hydrogen (secondary N) is 1. The van der Waals surface area contributed by atoms with Crippen molar-refractivity contribution in [2.75, 3.05) is 13.2 Å². The molecule has 0 saturated carbocycles. The van der Waals surface area contributed by atoms with E-state index >= 15 is 0 Å². The van der Waals surface area contributed by atoms with Gasteiger partial charge in [-0.3, -0.25) is 0 Å². The lowest BCUT2D eigenvalue weighted by Gasteiger charge is -2.25. The van der Waals surface area contributed by atoms with Gasteiger partial charge in [0.2, 0.25) is 0 Å². The van der Waals surface area contributed by atoms with Gasteiger partial charge in [-0.15, -0.1) is 11.3 Å². The van der Waals surface area contributed by atoms with Gasteiger partial charge in [0.1, 0.15) is 5.01 Å². The van der Waals surface area contributed by atoms with E-state index in [-0.39, 0.29) is 12.0 Å². The number of hydrogen-bond donors (Lipinski definition) is 2. The molecule has 0 spiro atoms. The van der Waals surface area contributed by atoms with E-state index in [0.29, 0.717) is 0 Å². The Morgan fingerprint density at radius 2 is 2.43 bits per heavy atom. The summed E-state index contributed by atoms with van der Waals surface area (Å²) in [7, 11) is 0. The van der Waals surface area contributed by atoms with Gasteiger partial charge in [0, 0.05) is 36.7 Å². The number of aliphatic hydroxyl groups excluding tert-OH is 1. The summed E-state index contributed by atoms with van der Waals surface area (Å²) in [4.78, 5) is 4.18. The third-order valence-electron chi connectivity index (χ3n) is 2.55. The molecule has 2 N–H and O–H groups in total. The smallest absolute Gasteiger partial charge is 0.106 e. The maximum absolute atomic E-state index is 9.19. The van der Waals surface area contributed by atoms with Crippen LogP contribution in [0.2, 0.25) is 0 Å². The zero-order valence-electron chi connectivity index (χ0n) is 8.79. The first-order valence-electron chi connectivity index (χ1n) is 4.90. The number of rotatable bonds is 6. The molecule has 0 aliphatic carbocycles. The molecule has 1 atom stereocenters. The van der Waals surface area contributed by atoms with Gasteiger partial charge in [0.25, 0.3) is 0 Å². The van der Waals surface area contributed by atoms with E-state index in [0.717, 1.165) is 24.5 Å². The van der Waals surface area contributed by atoms with Crippen LogP contribution < -0.4 is 5.32 Å². The van der Waals surface area contributed by atoms with Gasteiger partial charge in [0.15, 0.2) is 0 Å². The lowest BCUT2D eigenvalue weighted by Crippen LogP contribution is -2.34. The van der Waals surface area contributed by atoms with Crippen molar-refractivity contribution >= 4 is 11.3 Å². The van der Waals surface area contributed by atoms with E-state index in [2.05, 4.69) is 24.1 Å². The predicted molar refractivity (Wildman–Crippen MR) is 59.3 cm³/mol. The minimum absolute atomic E-state index is 0.00272. The molecule has 0 fully saturated rings. The first-order valence-corrected chi connectivity index (χ1v) is 5.78. The van der Waals surface area contributed by atoms with E-state index < -0.39 is 0 Å².